The molecule has 0 aliphatic rings. The third kappa shape index (κ3) is 4.17. The van der Waals surface area contributed by atoms with Gasteiger partial charge in [0.2, 0.25) is 5.82 Å². The molecule has 0 spiro atoms. The molecule has 10 heteroatoms. The number of hydrogen-bond donors (Lipinski definition) is 2. The predicted molar refractivity (Wildman–Crippen MR) is 66.1 cm³/mol. The van der Waals surface area contributed by atoms with E-state index < -0.39 is 35.6 Å². The van der Waals surface area contributed by atoms with Gasteiger partial charge in [-0.05, 0) is 15.9 Å². The fourth-order valence-electron chi connectivity index (χ4n) is 1.33. The van der Waals surface area contributed by atoms with Crippen molar-refractivity contribution >= 4 is 39.4 Å². The second-order valence-corrected chi connectivity index (χ2v) is 4.31. The first-order chi connectivity index (χ1) is 8.81. The molecular weight excluding hydrogens is 326 g/mol. The summed E-state index contributed by atoms with van der Waals surface area (Å²) in [5.74, 6) is -2.95. The zero-order chi connectivity index (χ0) is 14.6. The second-order valence-electron chi connectivity index (χ2n) is 3.40. The minimum Gasteiger partial charge on any atom is -0.480 e. The van der Waals surface area contributed by atoms with E-state index in [1.807, 2.05) is 0 Å². The third-order valence-corrected chi connectivity index (χ3v) is 2.40. The molecule has 0 amide bonds. The molecule has 0 unspecified atom stereocenters. The van der Waals surface area contributed by atoms with Crippen LogP contribution in [0.2, 0.25) is 0 Å². The standard InChI is InChI=1S/C9H8BrN3O6/c10-5-1-6(13(18)19)9(11-2-5)12(3-7(14)15)4-8(16)17/h1-2H,3-4H2,(H,14,15)(H,16,17). The third-order valence-electron chi connectivity index (χ3n) is 1.96. The highest BCUT2D eigenvalue weighted by molar-refractivity contribution is 9.10. The lowest BCUT2D eigenvalue weighted by Crippen LogP contribution is -2.35. The molecule has 0 aliphatic heterocycles. The second kappa shape index (κ2) is 6.09. The molecular formula is C9H8BrN3O6. The number of halogens is 1. The van der Waals surface area contributed by atoms with E-state index in [1.165, 1.54) is 6.20 Å². The quantitative estimate of drug-likeness (QED) is 0.574. The van der Waals surface area contributed by atoms with Gasteiger partial charge in [-0.3, -0.25) is 19.7 Å². The van der Waals surface area contributed by atoms with Crippen molar-refractivity contribution in [3.8, 4) is 0 Å². The zero-order valence-electron chi connectivity index (χ0n) is 9.32. The Morgan fingerprint density at radius 2 is 1.89 bits per heavy atom. The van der Waals surface area contributed by atoms with Crippen LogP contribution >= 0.6 is 15.9 Å². The molecule has 19 heavy (non-hydrogen) atoms. The van der Waals surface area contributed by atoms with Gasteiger partial charge in [-0.1, -0.05) is 0 Å². The molecule has 0 radical (unpaired) electrons. The summed E-state index contributed by atoms with van der Waals surface area (Å²) >= 11 is 3.00. The van der Waals surface area contributed by atoms with E-state index in [1.54, 1.807) is 0 Å². The van der Waals surface area contributed by atoms with E-state index in [9.17, 15) is 19.7 Å². The molecule has 0 aliphatic carbocycles. The lowest BCUT2D eigenvalue weighted by atomic mass is 10.3. The summed E-state index contributed by atoms with van der Waals surface area (Å²) in [5, 5.41) is 28.3. The zero-order valence-corrected chi connectivity index (χ0v) is 10.9. The van der Waals surface area contributed by atoms with Crippen LogP contribution in [0.15, 0.2) is 16.7 Å². The molecule has 1 rings (SSSR count). The summed E-state index contributed by atoms with van der Waals surface area (Å²) in [6, 6.07) is 1.12. The van der Waals surface area contributed by atoms with Crippen LogP contribution in [0.3, 0.4) is 0 Å². The van der Waals surface area contributed by atoms with Gasteiger partial charge in [0, 0.05) is 16.7 Å². The number of anilines is 1. The fourth-order valence-corrected chi connectivity index (χ4v) is 1.65. The number of carboxylic acids is 2. The maximum Gasteiger partial charge on any atom is 0.323 e. The minimum atomic E-state index is -1.32. The molecule has 0 saturated carbocycles. The molecule has 102 valence electrons. The Morgan fingerprint density at radius 3 is 2.32 bits per heavy atom. The molecule has 9 nitrogen and oxygen atoms in total. The molecule has 0 fully saturated rings. The number of rotatable bonds is 6. The summed E-state index contributed by atoms with van der Waals surface area (Å²) in [6.45, 7) is -1.41. The van der Waals surface area contributed by atoms with E-state index >= 15 is 0 Å². The van der Waals surface area contributed by atoms with Crippen LogP contribution in [0.4, 0.5) is 11.5 Å². The Bertz CT molecular complexity index is 519. The van der Waals surface area contributed by atoms with Gasteiger partial charge in [0.15, 0.2) is 0 Å². The summed E-state index contributed by atoms with van der Waals surface area (Å²) < 4.78 is 0.327. The number of carboxylic acid groups (broad SMARTS) is 2. The largest absolute Gasteiger partial charge is 0.480 e. The van der Waals surface area contributed by atoms with Crippen LogP contribution in [0, 0.1) is 10.1 Å². The van der Waals surface area contributed by atoms with Crippen LogP contribution in [0.5, 0.6) is 0 Å². The maximum absolute atomic E-state index is 10.9. The van der Waals surface area contributed by atoms with Crippen molar-refractivity contribution in [3.63, 3.8) is 0 Å². The Morgan fingerprint density at radius 1 is 1.37 bits per heavy atom. The summed E-state index contributed by atoms with van der Waals surface area (Å²) in [4.78, 5) is 36.0. The van der Waals surface area contributed by atoms with Gasteiger partial charge in [-0.2, -0.15) is 0 Å². The number of pyridine rings is 1. The van der Waals surface area contributed by atoms with Crippen molar-refractivity contribution in [3.05, 3.63) is 26.9 Å². The first-order valence-electron chi connectivity index (χ1n) is 4.79. The fraction of sp³-hybridized carbons (Fsp3) is 0.222. The van der Waals surface area contributed by atoms with E-state index in [0.717, 1.165) is 11.0 Å². The molecule has 0 bridgehead atoms. The van der Waals surface area contributed by atoms with Crippen LogP contribution in [0.1, 0.15) is 0 Å². The van der Waals surface area contributed by atoms with E-state index in [0.29, 0.717) is 4.47 Å². The average molecular weight is 334 g/mol. The highest BCUT2D eigenvalue weighted by Gasteiger charge is 2.25. The highest BCUT2D eigenvalue weighted by Crippen LogP contribution is 2.28. The maximum atomic E-state index is 10.9. The number of nitro groups is 1. The van der Waals surface area contributed by atoms with Crippen molar-refractivity contribution < 1.29 is 24.7 Å². The summed E-state index contributed by atoms with van der Waals surface area (Å²) in [7, 11) is 0. The Labute approximate surface area is 114 Å². The molecule has 1 aromatic rings. The minimum absolute atomic E-state index is 0.307. The van der Waals surface area contributed by atoms with Gasteiger partial charge >= 0.3 is 17.6 Å². The van der Waals surface area contributed by atoms with Crippen molar-refractivity contribution in [2.75, 3.05) is 18.0 Å². The monoisotopic (exact) mass is 333 g/mol. The van der Waals surface area contributed by atoms with Gasteiger partial charge < -0.3 is 15.1 Å². The number of hydrogen-bond acceptors (Lipinski definition) is 6. The Kier molecular flexibility index (Phi) is 4.75. The van der Waals surface area contributed by atoms with Gasteiger partial charge in [-0.15, -0.1) is 0 Å². The molecule has 1 aromatic heterocycles. The SMILES string of the molecule is O=C(O)CN(CC(=O)O)c1ncc(Br)cc1[N+](=O)[O-]. The van der Waals surface area contributed by atoms with Crippen molar-refractivity contribution in [1.29, 1.82) is 0 Å². The lowest BCUT2D eigenvalue weighted by molar-refractivity contribution is -0.384. The van der Waals surface area contributed by atoms with Gasteiger partial charge in [-0.25, -0.2) is 4.98 Å². The number of nitrogens with zero attached hydrogens (tertiary/aromatic N) is 3. The normalized spacial score (nSPS) is 9.95. The topological polar surface area (TPSA) is 134 Å². The smallest absolute Gasteiger partial charge is 0.323 e. The molecule has 2 N–H and O–H groups in total. The first kappa shape index (κ1) is 14.8. The Balaban J connectivity index is 3.24. The summed E-state index contributed by atoms with van der Waals surface area (Å²) in [6.07, 6.45) is 1.22. The first-order valence-corrected chi connectivity index (χ1v) is 5.59. The lowest BCUT2D eigenvalue weighted by Gasteiger charge is -2.18. The molecule has 0 atom stereocenters. The Hall–Kier alpha value is -2.23. The average Bonchev–Trinajstić information content (AvgIpc) is 2.26. The number of aliphatic carboxylic acids is 2. The number of carbonyl (C=O) groups is 2. The van der Waals surface area contributed by atoms with E-state index in [2.05, 4.69) is 20.9 Å². The van der Waals surface area contributed by atoms with Gasteiger partial charge in [0.25, 0.3) is 0 Å². The summed E-state index contributed by atoms with van der Waals surface area (Å²) in [5.41, 5.74) is -0.475. The van der Waals surface area contributed by atoms with E-state index in [4.69, 9.17) is 10.2 Å². The van der Waals surface area contributed by atoms with Crippen molar-refractivity contribution in [1.82, 2.24) is 4.98 Å². The van der Waals surface area contributed by atoms with Crippen molar-refractivity contribution in [2.45, 2.75) is 0 Å². The highest BCUT2D eigenvalue weighted by atomic mass is 79.9. The predicted octanol–water partition coefficient (Wildman–Crippen LogP) is 0.728. The van der Waals surface area contributed by atoms with Crippen molar-refractivity contribution in [2.24, 2.45) is 0 Å². The van der Waals surface area contributed by atoms with Gasteiger partial charge in [0.1, 0.15) is 13.1 Å². The van der Waals surface area contributed by atoms with E-state index in [-0.39, 0.29) is 5.82 Å². The van der Waals surface area contributed by atoms with Gasteiger partial charge in [0.05, 0.1) is 4.92 Å². The van der Waals surface area contributed by atoms with Crippen LogP contribution in [-0.2, 0) is 9.59 Å². The number of aromatic nitrogens is 1. The molecule has 0 aromatic carbocycles. The van der Waals surface area contributed by atoms with Crippen LogP contribution in [0.25, 0.3) is 0 Å². The molecule has 1 heterocycles. The van der Waals surface area contributed by atoms with Crippen LogP contribution < -0.4 is 4.90 Å². The molecule has 0 saturated heterocycles. The van der Waals surface area contributed by atoms with Crippen LogP contribution in [-0.4, -0.2) is 45.1 Å².